The van der Waals surface area contributed by atoms with Crippen molar-refractivity contribution in [1.29, 1.82) is 0 Å². The molecule has 0 spiro atoms. The van der Waals surface area contributed by atoms with E-state index >= 15 is 4.39 Å². The minimum absolute atomic E-state index is 0.00153. The highest BCUT2D eigenvalue weighted by atomic mass is 19.1. The van der Waals surface area contributed by atoms with E-state index in [1.54, 1.807) is 6.07 Å². The molecule has 0 aliphatic heterocycles. The molecule has 0 bridgehead atoms. The van der Waals surface area contributed by atoms with E-state index in [1.165, 1.54) is 64.5 Å². The molecule has 0 saturated carbocycles. The number of carbonyl (C=O) groups excluding carboxylic acids is 3. The summed E-state index contributed by atoms with van der Waals surface area (Å²) in [6.07, 6.45) is 0. The fourth-order valence-electron chi connectivity index (χ4n) is 4.14. The number of rotatable bonds is 7. The van der Waals surface area contributed by atoms with E-state index in [0.29, 0.717) is 5.39 Å². The zero-order chi connectivity index (χ0) is 29.1. The van der Waals surface area contributed by atoms with Crippen molar-refractivity contribution in [2.75, 3.05) is 14.2 Å². The molecule has 0 saturated heterocycles. The van der Waals surface area contributed by atoms with Crippen molar-refractivity contribution in [3.8, 4) is 51.0 Å². The third-order valence-electron chi connectivity index (χ3n) is 5.61. The average Bonchev–Trinajstić information content (AvgIpc) is 2.88. The van der Waals surface area contributed by atoms with Crippen LogP contribution in [0.25, 0.3) is 33.2 Å². The third-order valence-corrected chi connectivity index (χ3v) is 5.61. The van der Waals surface area contributed by atoms with Crippen molar-refractivity contribution in [2.45, 2.75) is 20.8 Å². The van der Waals surface area contributed by atoms with E-state index in [4.69, 9.17) is 28.1 Å². The van der Waals surface area contributed by atoms with Crippen LogP contribution in [0.1, 0.15) is 20.8 Å². The first-order chi connectivity index (χ1) is 19.0. The summed E-state index contributed by atoms with van der Waals surface area (Å²) in [6, 6.07) is 11.1. The molecule has 10 nitrogen and oxygen atoms in total. The van der Waals surface area contributed by atoms with Gasteiger partial charge in [-0.3, -0.25) is 14.4 Å². The zero-order valence-electron chi connectivity index (χ0n) is 22.1. The third kappa shape index (κ3) is 5.63. The van der Waals surface area contributed by atoms with Gasteiger partial charge in [0, 0.05) is 37.8 Å². The van der Waals surface area contributed by atoms with E-state index in [2.05, 4.69) is 0 Å². The highest BCUT2D eigenvalue weighted by Crippen LogP contribution is 2.44. The van der Waals surface area contributed by atoms with Crippen LogP contribution >= 0.6 is 0 Å². The van der Waals surface area contributed by atoms with Crippen LogP contribution in [0.15, 0.2) is 57.7 Å². The quantitative estimate of drug-likeness (QED) is 0.175. The van der Waals surface area contributed by atoms with Gasteiger partial charge in [-0.15, -0.1) is 0 Å². The van der Waals surface area contributed by atoms with Crippen LogP contribution in [0.2, 0.25) is 0 Å². The van der Waals surface area contributed by atoms with Crippen molar-refractivity contribution >= 4 is 28.9 Å². The standard InChI is InChI=1S/C29H23FO10/c1-14(31)37-19-7-8-20-23(13-19)40-29(34)27(26(20)17-6-9-22(21(30)10-17)38-15(2)32)18-11-24(35-4)28(39-16(3)33)25(12-18)36-5/h6-13H,1-5H3. The van der Waals surface area contributed by atoms with Crippen LogP contribution in [0.5, 0.6) is 28.7 Å². The summed E-state index contributed by atoms with van der Waals surface area (Å²) >= 11 is 0. The Hall–Kier alpha value is -5.19. The number of halogens is 1. The summed E-state index contributed by atoms with van der Waals surface area (Å²) in [7, 11) is 2.68. The summed E-state index contributed by atoms with van der Waals surface area (Å²) in [5.41, 5.74) is -0.0392. The molecule has 40 heavy (non-hydrogen) atoms. The lowest BCUT2D eigenvalue weighted by molar-refractivity contribution is -0.133. The Morgan fingerprint density at radius 3 is 1.88 bits per heavy atom. The number of ether oxygens (including phenoxy) is 5. The molecule has 1 heterocycles. The molecule has 0 atom stereocenters. The zero-order valence-corrected chi connectivity index (χ0v) is 22.1. The van der Waals surface area contributed by atoms with E-state index < -0.39 is 29.4 Å². The molecule has 0 radical (unpaired) electrons. The van der Waals surface area contributed by atoms with E-state index in [9.17, 15) is 19.2 Å². The lowest BCUT2D eigenvalue weighted by Gasteiger charge is -2.17. The maximum absolute atomic E-state index is 15.0. The summed E-state index contributed by atoms with van der Waals surface area (Å²) in [4.78, 5) is 48.0. The molecule has 0 aliphatic rings. The van der Waals surface area contributed by atoms with Crippen molar-refractivity contribution in [3.63, 3.8) is 0 Å². The maximum atomic E-state index is 15.0. The highest BCUT2D eigenvalue weighted by Gasteiger charge is 2.24. The van der Waals surface area contributed by atoms with Crippen LogP contribution in [0, 0.1) is 5.82 Å². The van der Waals surface area contributed by atoms with Crippen LogP contribution in [0.4, 0.5) is 4.39 Å². The van der Waals surface area contributed by atoms with E-state index in [1.807, 2.05) is 0 Å². The molecule has 0 aliphatic carbocycles. The fourth-order valence-corrected chi connectivity index (χ4v) is 4.14. The van der Waals surface area contributed by atoms with Gasteiger partial charge in [0.15, 0.2) is 23.1 Å². The van der Waals surface area contributed by atoms with Gasteiger partial charge in [0.25, 0.3) is 0 Å². The highest BCUT2D eigenvalue weighted by molar-refractivity contribution is 6.02. The van der Waals surface area contributed by atoms with Gasteiger partial charge in [0.05, 0.1) is 19.8 Å². The largest absolute Gasteiger partial charge is 0.493 e. The molecule has 4 rings (SSSR count). The first-order valence-corrected chi connectivity index (χ1v) is 11.7. The van der Waals surface area contributed by atoms with Gasteiger partial charge in [-0.05, 0) is 47.5 Å². The molecular weight excluding hydrogens is 527 g/mol. The lowest BCUT2D eigenvalue weighted by atomic mass is 9.92. The Kier molecular flexibility index (Phi) is 7.85. The molecule has 0 fully saturated rings. The van der Waals surface area contributed by atoms with Gasteiger partial charge >= 0.3 is 23.5 Å². The Labute approximate surface area is 226 Å². The Bertz CT molecular complexity index is 1700. The van der Waals surface area contributed by atoms with Crippen molar-refractivity contribution in [3.05, 3.63) is 64.8 Å². The van der Waals surface area contributed by atoms with Gasteiger partial charge in [-0.25, -0.2) is 9.18 Å². The molecule has 0 N–H and O–H groups in total. The van der Waals surface area contributed by atoms with Gasteiger partial charge in [0.1, 0.15) is 11.3 Å². The number of fused-ring (bicyclic) bond motifs is 1. The normalized spacial score (nSPS) is 10.7. The topological polar surface area (TPSA) is 128 Å². The predicted molar refractivity (Wildman–Crippen MR) is 140 cm³/mol. The van der Waals surface area contributed by atoms with Gasteiger partial charge in [-0.1, -0.05) is 6.07 Å². The van der Waals surface area contributed by atoms with E-state index in [0.717, 1.165) is 13.0 Å². The summed E-state index contributed by atoms with van der Waals surface area (Å²) in [6.45, 7) is 3.58. The minimum Gasteiger partial charge on any atom is -0.493 e. The number of hydrogen-bond acceptors (Lipinski definition) is 10. The molecule has 0 unspecified atom stereocenters. The second kappa shape index (κ2) is 11.3. The summed E-state index contributed by atoms with van der Waals surface area (Å²) in [5.74, 6) is -2.76. The van der Waals surface area contributed by atoms with Crippen LogP contribution in [-0.4, -0.2) is 32.1 Å². The van der Waals surface area contributed by atoms with Gasteiger partial charge in [0.2, 0.25) is 5.75 Å². The smallest absolute Gasteiger partial charge is 0.344 e. The van der Waals surface area contributed by atoms with Crippen LogP contribution in [-0.2, 0) is 14.4 Å². The first-order valence-electron chi connectivity index (χ1n) is 11.7. The SMILES string of the molecule is COc1cc(-c2c(-c3ccc(OC(C)=O)c(F)c3)c3ccc(OC(C)=O)cc3oc2=O)cc(OC)c1OC(C)=O. The summed E-state index contributed by atoms with van der Waals surface area (Å²) < 4.78 is 46.7. The van der Waals surface area contributed by atoms with Crippen LogP contribution in [0.3, 0.4) is 0 Å². The second-order valence-electron chi connectivity index (χ2n) is 8.43. The second-order valence-corrected chi connectivity index (χ2v) is 8.43. The Balaban J connectivity index is 2.07. The van der Waals surface area contributed by atoms with Gasteiger partial charge in [-0.2, -0.15) is 0 Å². The van der Waals surface area contributed by atoms with E-state index in [-0.39, 0.29) is 56.6 Å². The number of esters is 3. The van der Waals surface area contributed by atoms with Gasteiger partial charge < -0.3 is 28.1 Å². The monoisotopic (exact) mass is 550 g/mol. The first kappa shape index (κ1) is 27.8. The molecule has 3 aromatic carbocycles. The molecule has 206 valence electrons. The van der Waals surface area contributed by atoms with Crippen molar-refractivity contribution in [2.24, 2.45) is 0 Å². The number of methoxy groups -OCH3 is 2. The Morgan fingerprint density at radius 1 is 0.700 bits per heavy atom. The minimum atomic E-state index is -0.850. The Morgan fingerprint density at radius 2 is 1.32 bits per heavy atom. The van der Waals surface area contributed by atoms with Crippen LogP contribution < -0.4 is 29.3 Å². The summed E-state index contributed by atoms with van der Waals surface area (Å²) in [5, 5.41) is 0.368. The molecule has 11 heteroatoms. The average molecular weight is 550 g/mol. The molecule has 0 amide bonds. The predicted octanol–water partition coefficient (Wildman–Crippen LogP) is 5.06. The lowest BCUT2D eigenvalue weighted by Crippen LogP contribution is -2.09. The maximum Gasteiger partial charge on any atom is 0.344 e. The fraction of sp³-hybridized carbons (Fsp3) is 0.172. The number of carbonyl (C=O) groups is 3. The number of hydrogen-bond donors (Lipinski definition) is 0. The number of benzene rings is 3. The molecular formula is C29H23FO10. The van der Waals surface area contributed by atoms with Crippen molar-refractivity contribution in [1.82, 2.24) is 0 Å². The van der Waals surface area contributed by atoms with Crippen molar-refractivity contribution < 1.29 is 46.9 Å². The molecule has 1 aromatic heterocycles. The molecule has 4 aromatic rings.